The van der Waals surface area contributed by atoms with Crippen LogP contribution in [0.1, 0.15) is 67.4 Å². The number of hydrogen-bond donors (Lipinski definition) is 1. The van der Waals surface area contributed by atoms with E-state index in [9.17, 15) is 17.6 Å². The number of ether oxygens (including phenoxy) is 2. The van der Waals surface area contributed by atoms with E-state index in [2.05, 4.69) is 16.9 Å². The highest BCUT2D eigenvalue weighted by atomic mass is 35.5. The van der Waals surface area contributed by atoms with E-state index < -0.39 is 43.4 Å². The number of carbonyl (C=O) groups excluding carboxylic acids is 1. The van der Waals surface area contributed by atoms with Crippen molar-refractivity contribution in [3.63, 3.8) is 0 Å². The number of fused-ring (bicyclic) bond motifs is 6. The van der Waals surface area contributed by atoms with Gasteiger partial charge in [-0.1, -0.05) is 30.7 Å². The molecule has 2 aromatic carbocycles. The molecule has 1 N–H and O–H groups in total. The summed E-state index contributed by atoms with van der Waals surface area (Å²) in [7, 11) is -2.32. The highest BCUT2D eigenvalue weighted by Gasteiger charge is 2.51. The van der Waals surface area contributed by atoms with Crippen LogP contribution in [-0.4, -0.2) is 45.4 Å². The van der Waals surface area contributed by atoms with Crippen molar-refractivity contribution in [2.75, 3.05) is 25.2 Å². The Labute approximate surface area is 263 Å². The molecule has 2 aliphatic carbocycles. The van der Waals surface area contributed by atoms with E-state index in [4.69, 9.17) is 21.1 Å². The molecule has 7 nitrogen and oxygen atoms in total. The van der Waals surface area contributed by atoms with Gasteiger partial charge < -0.3 is 14.4 Å². The summed E-state index contributed by atoms with van der Waals surface area (Å²) in [5.41, 5.74) is 1.01. The van der Waals surface area contributed by atoms with E-state index >= 15 is 4.39 Å². The molecule has 6 rings (SSSR count). The van der Waals surface area contributed by atoms with Crippen molar-refractivity contribution in [2.45, 2.75) is 69.8 Å². The van der Waals surface area contributed by atoms with Crippen LogP contribution < -0.4 is 14.4 Å². The number of amides is 1. The number of nitrogens with zero attached hydrogens (tertiary/aromatic N) is 1. The zero-order chi connectivity index (χ0) is 31.4. The summed E-state index contributed by atoms with van der Waals surface area (Å²) < 4.78 is 71.9. The lowest BCUT2D eigenvalue weighted by atomic mass is 9.63. The van der Waals surface area contributed by atoms with Crippen LogP contribution in [0, 0.1) is 35.3 Å². The molecule has 1 amide bonds. The molecule has 44 heavy (non-hydrogen) atoms. The average Bonchev–Trinajstić information content (AvgIpc) is 3.40. The van der Waals surface area contributed by atoms with E-state index in [1.165, 1.54) is 6.07 Å². The van der Waals surface area contributed by atoms with Gasteiger partial charge in [0.05, 0.1) is 23.1 Å². The van der Waals surface area contributed by atoms with E-state index in [1.807, 2.05) is 11.8 Å². The maximum Gasteiger partial charge on any atom is 0.264 e. The minimum Gasteiger partial charge on any atom is -0.491 e. The van der Waals surface area contributed by atoms with Crippen molar-refractivity contribution in [1.82, 2.24) is 4.72 Å². The third-order valence-corrected chi connectivity index (χ3v) is 12.8. The molecular weight excluding hydrogens is 610 g/mol. The lowest BCUT2D eigenvalue weighted by Crippen LogP contribution is -2.50. The first-order chi connectivity index (χ1) is 20.9. The van der Waals surface area contributed by atoms with Gasteiger partial charge in [-0.15, -0.1) is 0 Å². The number of benzene rings is 2. The number of methoxy groups -OCH3 is 1. The molecule has 0 radical (unpaired) electrons. The lowest BCUT2D eigenvalue weighted by molar-refractivity contribution is -0.0809. The minimum atomic E-state index is -4.02. The summed E-state index contributed by atoms with van der Waals surface area (Å²) in [5, 5.41) is -1.34. The molecule has 4 aliphatic rings. The van der Waals surface area contributed by atoms with Gasteiger partial charge in [0.15, 0.2) is 0 Å². The first-order valence-electron chi connectivity index (χ1n) is 15.4. The highest BCUT2D eigenvalue weighted by molar-refractivity contribution is 7.90. The summed E-state index contributed by atoms with van der Waals surface area (Å²) in [5.74, 6) is -1.78. The molecule has 238 valence electrons. The van der Waals surface area contributed by atoms with Gasteiger partial charge in [0.2, 0.25) is 10.0 Å². The summed E-state index contributed by atoms with van der Waals surface area (Å²) in [6.07, 6.45) is 8.28. The van der Waals surface area contributed by atoms with Gasteiger partial charge in [-0.2, -0.15) is 0 Å². The monoisotopic (exact) mass is 648 g/mol. The minimum absolute atomic E-state index is 0.0515. The Morgan fingerprint density at radius 3 is 2.68 bits per heavy atom. The average molecular weight is 649 g/mol. The van der Waals surface area contributed by atoms with Crippen molar-refractivity contribution < 1.29 is 31.5 Å². The molecule has 1 saturated carbocycles. The maximum atomic E-state index is 15.4. The van der Waals surface area contributed by atoms with Crippen molar-refractivity contribution in [3.8, 4) is 5.75 Å². The fraction of sp³-hybridized carbons (Fsp3) is 0.545. The molecule has 0 spiro atoms. The highest BCUT2D eigenvalue weighted by Crippen LogP contribution is 2.52. The zero-order valence-corrected chi connectivity index (χ0v) is 26.8. The van der Waals surface area contributed by atoms with Gasteiger partial charge in [-0.25, -0.2) is 21.9 Å². The summed E-state index contributed by atoms with van der Waals surface area (Å²) >= 11 is 6.01. The Morgan fingerprint density at radius 1 is 1.16 bits per heavy atom. The third kappa shape index (κ3) is 5.51. The lowest BCUT2D eigenvalue weighted by Gasteiger charge is -2.49. The van der Waals surface area contributed by atoms with Crippen LogP contribution in [-0.2, 0) is 27.7 Å². The van der Waals surface area contributed by atoms with Crippen molar-refractivity contribution in [1.29, 1.82) is 0 Å². The molecule has 6 atom stereocenters. The molecule has 2 aromatic rings. The second kappa shape index (κ2) is 11.9. The fourth-order valence-corrected chi connectivity index (χ4v) is 9.01. The third-order valence-electron chi connectivity index (χ3n) is 10.6. The smallest absolute Gasteiger partial charge is 0.264 e. The Balaban J connectivity index is 1.50. The fourth-order valence-electron chi connectivity index (χ4n) is 7.52. The second-order valence-corrected chi connectivity index (χ2v) is 15.3. The number of hydrogen-bond acceptors (Lipinski definition) is 6. The molecule has 1 fully saturated rings. The first kappa shape index (κ1) is 31.3. The Kier molecular flexibility index (Phi) is 8.47. The van der Waals surface area contributed by atoms with Gasteiger partial charge in [0, 0.05) is 25.8 Å². The Hall–Kier alpha value is -2.69. The van der Waals surface area contributed by atoms with Crippen LogP contribution in [0.3, 0.4) is 0 Å². The summed E-state index contributed by atoms with van der Waals surface area (Å²) in [6, 6.07) is 6.16. The standard InChI is InChI=1S/C33H39ClF2N2O5S/c1-19-20(2)44(40,41)37-32(39)21-8-10-29-28(15-21)38(17-23-7-9-26(23)33(42-3)12-11-22(19)16-33)18-24-14-27(35)30(34)31(36)25(24)6-4-5-13-43-29/h8,10-12,14-15,19-20,22-23,26H,4-7,9,13,16-18H2,1-3H3,(H,37,39)/t19-,20-,22+,23+,26-,33?/m1/s1. The number of allylic oxidation sites excluding steroid dienone is 1. The van der Waals surface area contributed by atoms with E-state index in [-0.39, 0.29) is 35.8 Å². The summed E-state index contributed by atoms with van der Waals surface area (Å²) in [4.78, 5) is 15.5. The predicted molar refractivity (Wildman–Crippen MR) is 166 cm³/mol. The maximum absolute atomic E-state index is 15.4. The van der Waals surface area contributed by atoms with Crippen LogP contribution in [0.25, 0.3) is 0 Å². The van der Waals surface area contributed by atoms with Gasteiger partial charge in [-0.3, -0.25) is 4.79 Å². The Bertz CT molecular complexity index is 1600. The number of halogens is 3. The Morgan fingerprint density at radius 2 is 1.95 bits per heavy atom. The van der Waals surface area contributed by atoms with Crippen LogP contribution in [0.2, 0.25) is 5.02 Å². The predicted octanol–water partition coefficient (Wildman–Crippen LogP) is 6.43. The van der Waals surface area contributed by atoms with Gasteiger partial charge in [0.25, 0.3) is 5.91 Å². The molecule has 2 aliphatic heterocycles. The zero-order valence-electron chi connectivity index (χ0n) is 25.2. The quantitative estimate of drug-likeness (QED) is 0.284. The van der Waals surface area contributed by atoms with E-state index in [1.54, 1.807) is 32.2 Å². The largest absolute Gasteiger partial charge is 0.491 e. The second-order valence-electron chi connectivity index (χ2n) is 12.9. The molecule has 0 saturated heterocycles. The van der Waals surface area contributed by atoms with E-state index in [0.717, 1.165) is 12.8 Å². The molecule has 1 unspecified atom stereocenters. The van der Waals surface area contributed by atoms with Crippen LogP contribution in [0.15, 0.2) is 36.4 Å². The van der Waals surface area contributed by atoms with Crippen molar-refractivity contribution >= 4 is 33.2 Å². The molecule has 2 heterocycles. The topological polar surface area (TPSA) is 84.9 Å². The molecular formula is C33H39ClF2N2O5S. The normalized spacial score (nSPS) is 31.6. The first-order valence-corrected chi connectivity index (χ1v) is 17.3. The van der Waals surface area contributed by atoms with Crippen molar-refractivity contribution in [2.24, 2.45) is 23.7 Å². The molecule has 0 aromatic heterocycles. The number of carbonyl (C=O) groups is 1. The number of anilines is 1. The number of sulfonamides is 1. The van der Waals surface area contributed by atoms with Crippen LogP contribution in [0.4, 0.5) is 14.5 Å². The van der Waals surface area contributed by atoms with Gasteiger partial charge in [0.1, 0.15) is 22.4 Å². The van der Waals surface area contributed by atoms with Crippen molar-refractivity contribution in [3.05, 3.63) is 69.8 Å². The number of nitrogens with one attached hydrogen (secondary N) is 1. The van der Waals surface area contributed by atoms with Crippen LogP contribution in [0.5, 0.6) is 5.75 Å². The molecule has 4 bridgehead atoms. The number of rotatable bonds is 1. The molecule has 11 heteroatoms. The van der Waals surface area contributed by atoms with Gasteiger partial charge in [-0.05, 0) is 105 Å². The van der Waals surface area contributed by atoms with Gasteiger partial charge >= 0.3 is 0 Å². The SMILES string of the molecule is COC12C=C[C@@H](C1)[C@H](C)[C@@H](C)S(=O)(=O)NC(=O)c1ccc3c(c1)N(Cc1cc(F)c(Cl)c(F)c1CCCCO3)C[C@@H]1CC[C@H]12. The van der Waals surface area contributed by atoms with Crippen LogP contribution >= 0.6 is 11.6 Å². The van der Waals surface area contributed by atoms with E-state index in [0.29, 0.717) is 61.4 Å². The summed E-state index contributed by atoms with van der Waals surface area (Å²) in [6.45, 7) is 4.57.